The molecule has 124 valence electrons. The maximum atomic E-state index is 6.01. The zero-order chi connectivity index (χ0) is 17.4. The average Bonchev–Trinajstić information content (AvgIpc) is 2.40. The Bertz CT molecular complexity index is 718. The van der Waals surface area contributed by atoms with Crippen molar-refractivity contribution in [2.45, 2.75) is 2.33 Å². The molecular formula is C13H4Br8O2. The standard InChI is InChI=1S/C13H4Br8O2/c14-5-3-6(15)12(7(16)4-5)22-8-1-2-9(11(18)10(8)17)23-13(19,20)21/h1-4H. The first-order valence-corrected chi connectivity index (χ1v) is 12.0. The topological polar surface area (TPSA) is 18.5 Å². The van der Waals surface area contributed by atoms with E-state index < -0.39 is 2.33 Å². The zero-order valence-corrected chi connectivity index (χ0v) is 23.3. The van der Waals surface area contributed by atoms with Crippen LogP contribution in [0.25, 0.3) is 0 Å². The van der Waals surface area contributed by atoms with Gasteiger partial charge in [-0.25, -0.2) is 0 Å². The molecule has 0 atom stereocenters. The van der Waals surface area contributed by atoms with Gasteiger partial charge >= 0.3 is 0 Å². The van der Waals surface area contributed by atoms with E-state index in [2.05, 4.69) is 127 Å². The lowest BCUT2D eigenvalue weighted by molar-refractivity contribution is 0.353. The van der Waals surface area contributed by atoms with Gasteiger partial charge in [-0.3, -0.25) is 0 Å². The Hall–Kier alpha value is 1.88. The van der Waals surface area contributed by atoms with E-state index in [1.54, 1.807) is 6.07 Å². The van der Waals surface area contributed by atoms with Crippen molar-refractivity contribution < 1.29 is 9.47 Å². The Morgan fingerprint density at radius 1 is 0.739 bits per heavy atom. The number of rotatable bonds is 3. The second-order valence-corrected chi connectivity index (χ2v) is 14.8. The molecule has 0 aliphatic heterocycles. The van der Waals surface area contributed by atoms with Crippen LogP contribution in [-0.2, 0) is 0 Å². The molecule has 10 heteroatoms. The zero-order valence-electron chi connectivity index (χ0n) is 10.6. The minimum Gasteiger partial charge on any atom is -0.455 e. The van der Waals surface area contributed by atoms with Gasteiger partial charge in [0.2, 0.25) is 0 Å². The number of alkyl halides is 3. The summed E-state index contributed by atoms with van der Waals surface area (Å²) in [5.41, 5.74) is 0. The van der Waals surface area contributed by atoms with Gasteiger partial charge in [0, 0.05) is 4.47 Å². The predicted molar refractivity (Wildman–Crippen MR) is 122 cm³/mol. The maximum absolute atomic E-state index is 6.01. The molecule has 0 fully saturated rings. The third kappa shape index (κ3) is 5.94. The summed E-state index contributed by atoms with van der Waals surface area (Å²) < 4.78 is 14.9. The van der Waals surface area contributed by atoms with E-state index in [4.69, 9.17) is 9.47 Å². The van der Waals surface area contributed by atoms with Crippen LogP contribution in [0.15, 0.2) is 46.6 Å². The van der Waals surface area contributed by atoms with Gasteiger partial charge in [-0.05, 0) is 136 Å². The van der Waals surface area contributed by atoms with Gasteiger partial charge in [0.25, 0.3) is 2.33 Å². The summed E-state index contributed by atoms with van der Waals surface area (Å²) in [5.74, 6) is 1.92. The Balaban J connectivity index is 2.38. The minimum atomic E-state index is -0.838. The Labute approximate surface area is 200 Å². The maximum Gasteiger partial charge on any atom is 0.272 e. The fourth-order valence-corrected chi connectivity index (χ4v) is 5.29. The van der Waals surface area contributed by atoms with Gasteiger partial charge in [-0.2, -0.15) is 0 Å². The highest BCUT2D eigenvalue weighted by Crippen LogP contribution is 2.47. The van der Waals surface area contributed by atoms with E-state index in [1.807, 2.05) is 18.2 Å². The second kappa shape index (κ2) is 8.71. The summed E-state index contributed by atoms with van der Waals surface area (Å²) in [7, 11) is 0. The molecule has 0 N–H and O–H groups in total. The van der Waals surface area contributed by atoms with Crippen LogP contribution in [0.5, 0.6) is 17.2 Å². The van der Waals surface area contributed by atoms with Crippen molar-refractivity contribution in [3.63, 3.8) is 0 Å². The van der Waals surface area contributed by atoms with Gasteiger partial charge in [-0.1, -0.05) is 15.9 Å². The molecule has 0 aliphatic carbocycles. The molecule has 0 saturated heterocycles. The summed E-state index contributed by atoms with van der Waals surface area (Å²) in [6, 6.07) is 7.43. The molecule has 2 aromatic carbocycles. The first kappa shape index (κ1) is 21.2. The molecule has 0 aliphatic rings. The first-order valence-electron chi connectivity index (χ1n) is 5.64. The first-order chi connectivity index (χ1) is 10.6. The fourth-order valence-electron chi connectivity index (χ4n) is 1.53. The van der Waals surface area contributed by atoms with Gasteiger partial charge in [0.15, 0.2) is 5.75 Å². The summed E-state index contributed by atoms with van der Waals surface area (Å²) in [6.07, 6.45) is 0. The minimum absolute atomic E-state index is 0.615. The average molecular weight is 831 g/mol. The Morgan fingerprint density at radius 2 is 1.22 bits per heavy atom. The lowest BCUT2D eigenvalue weighted by Gasteiger charge is -2.18. The number of halogens is 8. The highest BCUT2D eigenvalue weighted by molar-refractivity contribution is 9.39. The van der Waals surface area contributed by atoms with Crippen molar-refractivity contribution in [1.82, 2.24) is 0 Å². The predicted octanol–water partition coefficient (Wildman–Crippen LogP) is 9.47. The van der Waals surface area contributed by atoms with Gasteiger partial charge < -0.3 is 9.47 Å². The molecule has 0 radical (unpaired) electrons. The molecular weight excluding hydrogens is 827 g/mol. The lowest BCUT2D eigenvalue weighted by atomic mass is 10.3. The van der Waals surface area contributed by atoms with Crippen LogP contribution in [0.2, 0.25) is 0 Å². The van der Waals surface area contributed by atoms with Crippen LogP contribution in [0, 0.1) is 0 Å². The van der Waals surface area contributed by atoms with Crippen molar-refractivity contribution in [2.24, 2.45) is 0 Å². The van der Waals surface area contributed by atoms with E-state index in [1.165, 1.54) is 0 Å². The molecule has 2 nitrogen and oxygen atoms in total. The summed E-state index contributed by atoms with van der Waals surface area (Å²) in [5, 5.41) is 0. The molecule has 0 amide bonds. The van der Waals surface area contributed by atoms with E-state index in [0.29, 0.717) is 17.2 Å². The highest BCUT2D eigenvalue weighted by atomic mass is 80.0. The molecule has 2 aromatic rings. The van der Waals surface area contributed by atoms with Crippen molar-refractivity contribution in [1.29, 1.82) is 0 Å². The number of ether oxygens (including phenoxy) is 2. The van der Waals surface area contributed by atoms with Crippen LogP contribution in [0.1, 0.15) is 0 Å². The number of hydrogen-bond donors (Lipinski definition) is 0. The lowest BCUT2D eigenvalue weighted by Crippen LogP contribution is -2.10. The molecule has 23 heavy (non-hydrogen) atoms. The molecule has 0 bridgehead atoms. The van der Waals surface area contributed by atoms with Crippen molar-refractivity contribution >= 4 is 127 Å². The van der Waals surface area contributed by atoms with E-state index >= 15 is 0 Å². The Kier molecular flexibility index (Phi) is 8.02. The summed E-state index contributed by atoms with van der Waals surface area (Å²) in [6.45, 7) is 0. The van der Waals surface area contributed by atoms with Crippen molar-refractivity contribution in [3.8, 4) is 17.2 Å². The normalized spacial score (nSPS) is 11.5. The second-order valence-electron chi connectivity index (χ2n) is 4.04. The number of hydrogen-bond acceptors (Lipinski definition) is 2. The molecule has 2 rings (SSSR count). The van der Waals surface area contributed by atoms with Crippen LogP contribution in [0.3, 0.4) is 0 Å². The summed E-state index contributed by atoms with van der Waals surface area (Å²) in [4.78, 5) is 0. The SMILES string of the molecule is Brc1cc(Br)c(Oc2ccc(OC(Br)(Br)Br)c(Br)c2Br)c(Br)c1. The van der Waals surface area contributed by atoms with Crippen molar-refractivity contribution in [2.75, 3.05) is 0 Å². The molecule has 0 heterocycles. The third-order valence-corrected chi connectivity index (χ3v) is 6.64. The molecule has 0 aromatic heterocycles. The smallest absolute Gasteiger partial charge is 0.272 e. The highest BCUT2D eigenvalue weighted by Gasteiger charge is 2.23. The van der Waals surface area contributed by atoms with E-state index in [0.717, 1.165) is 22.4 Å². The van der Waals surface area contributed by atoms with Crippen LogP contribution in [0.4, 0.5) is 0 Å². The van der Waals surface area contributed by atoms with Crippen LogP contribution >= 0.6 is 127 Å². The third-order valence-electron chi connectivity index (χ3n) is 2.41. The fraction of sp³-hybridized carbons (Fsp3) is 0.0769. The number of benzene rings is 2. The van der Waals surface area contributed by atoms with Gasteiger partial charge in [0.05, 0.1) is 17.9 Å². The molecule has 0 unspecified atom stereocenters. The molecule has 0 saturated carbocycles. The van der Waals surface area contributed by atoms with Crippen LogP contribution < -0.4 is 9.47 Å². The van der Waals surface area contributed by atoms with Crippen LogP contribution in [-0.4, -0.2) is 2.33 Å². The van der Waals surface area contributed by atoms with Gasteiger partial charge in [-0.15, -0.1) is 0 Å². The van der Waals surface area contributed by atoms with Gasteiger partial charge in [0.1, 0.15) is 11.5 Å². The van der Waals surface area contributed by atoms with Crippen molar-refractivity contribution in [3.05, 3.63) is 46.6 Å². The Morgan fingerprint density at radius 3 is 1.74 bits per heavy atom. The monoisotopic (exact) mass is 823 g/mol. The summed E-state index contributed by atoms with van der Waals surface area (Å²) >= 11 is 27.3. The van der Waals surface area contributed by atoms with E-state index in [9.17, 15) is 0 Å². The largest absolute Gasteiger partial charge is 0.455 e. The quantitative estimate of drug-likeness (QED) is 0.287. The van der Waals surface area contributed by atoms with E-state index in [-0.39, 0.29) is 0 Å². The molecule has 0 spiro atoms.